The SMILES string of the molecule is O=[N+]([O-])c1cccnc1N/N=C\c1cc(Br)c(OCc2ccccc2F)c(Br)c1. The van der Waals surface area contributed by atoms with Crippen molar-refractivity contribution in [2.75, 3.05) is 5.43 Å². The van der Waals surface area contributed by atoms with Crippen LogP contribution in [0.1, 0.15) is 11.1 Å². The number of rotatable bonds is 7. The topological polar surface area (TPSA) is 89.7 Å². The molecule has 10 heteroatoms. The fourth-order valence-electron chi connectivity index (χ4n) is 2.36. The van der Waals surface area contributed by atoms with Crippen LogP contribution < -0.4 is 10.2 Å². The van der Waals surface area contributed by atoms with Gasteiger partial charge in [0.25, 0.3) is 0 Å². The van der Waals surface area contributed by atoms with Gasteiger partial charge in [-0.2, -0.15) is 5.10 Å². The number of anilines is 1. The zero-order valence-corrected chi connectivity index (χ0v) is 17.9. The van der Waals surface area contributed by atoms with Crippen molar-refractivity contribution in [2.24, 2.45) is 5.10 Å². The summed E-state index contributed by atoms with van der Waals surface area (Å²) in [7, 11) is 0. The number of aromatic nitrogens is 1. The van der Waals surface area contributed by atoms with E-state index in [0.29, 0.717) is 25.8 Å². The molecule has 0 amide bonds. The van der Waals surface area contributed by atoms with E-state index in [2.05, 4.69) is 47.4 Å². The van der Waals surface area contributed by atoms with Crippen molar-refractivity contribution in [3.63, 3.8) is 0 Å². The molecule has 0 aliphatic rings. The van der Waals surface area contributed by atoms with E-state index >= 15 is 0 Å². The van der Waals surface area contributed by atoms with E-state index in [1.807, 2.05) is 0 Å². The summed E-state index contributed by atoms with van der Waals surface area (Å²) in [6, 6.07) is 12.7. The number of nitrogens with one attached hydrogen (secondary N) is 1. The van der Waals surface area contributed by atoms with Crippen LogP contribution in [0.25, 0.3) is 0 Å². The minimum absolute atomic E-state index is 0.0386. The highest BCUT2D eigenvalue weighted by Crippen LogP contribution is 2.35. The van der Waals surface area contributed by atoms with E-state index in [9.17, 15) is 14.5 Å². The molecule has 7 nitrogen and oxygen atoms in total. The van der Waals surface area contributed by atoms with Gasteiger partial charge >= 0.3 is 5.69 Å². The van der Waals surface area contributed by atoms with Crippen LogP contribution in [0.5, 0.6) is 5.75 Å². The van der Waals surface area contributed by atoms with Crippen molar-refractivity contribution in [3.05, 3.63) is 90.7 Å². The number of nitro groups is 1. The Morgan fingerprint density at radius 1 is 1.21 bits per heavy atom. The van der Waals surface area contributed by atoms with Crippen LogP contribution in [-0.4, -0.2) is 16.1 Å². The van der Waals surface area contributed by atoms with E-state index in [4.69, 9.17) is 4.74 Å². The van der Waals surface area contributed by atoms with E-state index < -0.39 is 4.92 Å². The second kappa shape index (κ2) is 9.57. The van der Waals surface area contributed by atoms with Gasteiger partial charge < -0.3 is 4.74 Å². The zero-order valence-electron chi connectivity index (χ0n) is 14.7. The minimum atomic E-state index is -0.542. The summed E-state index contributed by atoms with van der Waals surface area (Å²) in [5, 5.41) is 15.0. The van der Waals surface area contributed by atoms with E-state index in [1.54, 1.807) is 30.3 Å². The highest BCUT2D eigenvalue weighted by Gasteiger charge is 2.13. The van der Waals surface area contributed by atoms with Gasteiger partial charge in [0.2, 0.25) is 5.82 Å². The minimum Gasteiger partial charge on any atom is -0.486 e. The average molecular weight is 524 g/mol. The Morgan fingerprint density at radius 2 is 1.93 bits per heavy atom. The first-order chi connectivity index (χ1) is 14.0. The standard InChI is InChI=1S/C19H13Br2FN4O3/c20-14-8-12(10-24-25-19-17(26(27)28)6-3-7-23-19)9-15(21)18(14)29-11-13-4-1-2-5-16(13)22/h1-10H,11H2,(H,23,25)/b24-10-. The molecule has 1 aromatic heterocycles. The summed E-state index contributed by atoms with van der Waals surface area (Å²) in [5.41, 5.74) is 3.52. The maximum Gasteiger partial charge on any atom is 0.313 e. The lowest BCUT2D eigenvalue weighted by Crippen LogP contribution is -2.01. The third kappa shape index (κ3) is 5.36. The van der Waals surface area contributed by atoms with Gasteiger partial charge in [0.05, 0.1) is 20.1 Å². The fourth-order valence-corrected chi connectivity index (χ4v) is 3.81. The number of halogens is 3. The predicted octanol–water partition coefficient (Wildman–Crippen LogP) is 5.68. The number of benzene rings is 2. The molecular formula is C19H13Br2FN4O3. The number of nitrogens with zero attached hydrogens (tertiary/aromatic N) is 3. The van der Waals surface area contributed by atoms with Crippen LogP contribution in [0.3, 0.4) is 0 Å². The van der Waals surface area contributed by atoms with Crippen LogP contribution in [0.4, 0.5) is 15.9 Å². The van der Waals surface area contributed by atoms with Gasteiger partial charge in [-0.3, -0.25) is 15.5 Å². The molecule has 0 spiro atoms. The Balaban J connectivity index is 1.71. The van der Waals surface area contributed by atoms with Gasteiger partial charge in [0.15, 0.2) is 0 Å². The molecule has 1 N–H and O–H groups in total. The Labute approximate surface area is 182 Å². The smallest absolute Gasteiger partial charge is 0.313 e. The molecule has 1 heterocycles. The molecule has 148 valence electrons. The summed E-state index contributed by atoms with van der Waals surface area (Å²) < 4.78 is 20.7. The molecule has 0 saturated heterocycles. The number of hydrogen-bond donors (Lipinski definition) is 1. The Kier molecular flexibility index (Phi) is 6.89. The van der Waals surface area contributed by atoms with E-state index in [1.165, 1.54) is 30.6 Å². The van der Waals surface area contributed by atoms with Crippen LogP contribution in [0.15, 0.2) is 68.8 Å². The molecule has 2 aromatic carbocycles. The fraction of sp³-hybridized carbons (Fsp3) is 0.0526. The van der Waals surface area contributed by atoms with Gasteiger partial charge in [-0.25, -0.2) is 9.37 Å². The van der Waals surface area contributed by atoms with Crippen LogP contribution >= 0.6 is 31.9 Å². The van der Waals surface area contributed by atoms with Gasteiger partial charge in [-0.1, -0.05) is 18.2 Å². The quantitative estimate of drug-likeness (QED) is 0.244. The Hall–Kier alpha value is -2.85. The lowest BCUT2D eigenvalue weighted by atomic mass is 10.2. The summed E-state index contributed by atoms with van der Waals surface area (Å²) in [6.45, 7) is 0.0716. The molecule has 3 rings (SSSR count). The first-order valence-corrected chi connectivity index (χ1v) is 9.78. The average Bonchev–Trinajstić information content (AvgIpc) is 2.69. The van der Waals surface area contributed by atoms with Crippen LogP contribution in [0, 0.1) is 15.9 Å². The molecule has 0 unspecified atom stereocenters. The van der Waals surface area contributed by atoms with Gasteiger partial charge in [0, 0.05) is 17.8 Å². The van der Waals surface area contributed by atoms with Gasteiger partial charge in [0.1, 0.15) is 18.2 Å². The lowest BCUT2D eigenvalue weighted by Gasteiger charge is -2.11. The highest BCUT2D eigenvalue weighted by atomic mass is 79.9. The molecule has 0 aliphatic carbocycles. The molecule has 3 aromatic rings. The molecule has 0 radical (unpaired) electrons. The predicted molar refractivity (Wildman–Crippen MR) is 115 cm³/mol. The number of ether oxygens (including phenoxy) is 1. The molecular weight excluding hydrogens is 511 g/mol. The van der Waals surface area contributed by atoms with E-state index in [-0.39, 0.29) is 23.9 Å². The first kappa shape index (κ1) is 20.9. The molecule has 29 heavy (non-hydrogen) atoms. The second-order valence-electron chi connectivity index (χ2n) is 5.69. The third-order valence-corrected chi connectivity index (χ3v) is 4.90. The maximum atomic E-state index is 13.7. The monoisotopic (exact) mass is 522 g/mol. The number of hydrazone groups is 1. The maximum absolute atomic E-state index is 13.7. The molecule has 0 aliphatic heterocycles. The van der Waals surface area contributed by atoms with Gasteiger partial charge in [-0.05, 0) is 61.7 Å². The van der Waals surface area contributed by atoms with Crippen LogP contribution in [0.2, 0.25) is 0 Å². The Bertz CT molecular complexity index is 1060. The summed E-state index contributed by atoms with van der Waals surface area (Å²) in [4.78, 5) is 14.4. The zero-order chi connectivity index (χ0) is 20.8. The molecule has 0 fully saturated rings. The largest absolute Gasteiger partial charge is 0.486 e. The number of pyridine rings is 1. The molecule has 0 saturated carbocycles. The van der Waals surface area contributed by atoms with Crippen molar-refractivity contribution in [1.82, 2.24) is 4.98 Å². The van der Waals surface area contributed by atoms with Crippen molar-refractivity contribution in [2.45, 2.75) is 6.61 Å². The molecule has 0 atom stereocenters. The normalized spacial score (nSPS) is 10.9. The first-order valence-electron chi connectivity index (χ1n) is 8.19. The summed E-state index contributed by atoms with van der Waals surface area (Å²) >= 11 is 6.85. The summed E-state index contributed by atoms with van der Waals surface area (Å²) in [5.74, 6) is 0.216. The molecule has 0 bridgehead atoms. The third-order valence-electron chi connectivity index (χ3n) is 3.72. The summed E-state index contributed by atoms with van der Waals surface area (Å²) in [6.07, 6.45) is 2.91. The number of hydrogen-bond acceptors (Lipinski definition) is 6. The van der Waals surface area contributed by atoms with Crippen LogP contribution in [-0.2, 0) is 6.61 Å². The lowest BCUT2D eigenvalue weighted by molar-refractivity contribution is -0.384. The van der Waals surface area contributed by atoms with Crippen molar-refractivity contribution in [3.8, 4) is 5.75 Å². The van der Waals surface area contributed by atoms with Crippen molar-refractivity contribution < 1.29 is 14.1 Å². The van der Waals surface area contributed by atoms with Crippen molar-refractivity contribution >= 4 is 49.6 Å². The van der Waals surface area contributed by atoms with E-state index in [0.717, 1.165) is 0 Å². The Morgan fingerprint density at radius 3 is 2.62 bits per heavy atom. The highest BCUT2D eigenvalue weighted by molar-refractivity contribution is 9.11. The van der Waals surface area contributed by atoms with Gasteiger partial charge in [-0.15, -0.1) is 0 Å². The van der Waals surface area contributed by atoms with Crippen molar-refractivity contribution in [1.29, 1.82) is 0 Å². The second-order valence-corrected chi connectivity index (χ2v) is 7.40.